The minimum atomic E-state index is -0.545. The summed E-state index contributed by atoms with van der Waals surface area (Å²) in [6, 6.07) is 12.6. The van der Waals surface area contributed by atoms with Gasteiger partial charge in [-0.05, 0) is 56.7 Å². The van der Waals surface area contributed by atoms with E-state index >= 15 is 0 Å². The van der Waals surface area contributed by atoms with Crippen LogP contribution in [-0.2, 0) is 4.74 Å². The van der Waals surface area contributed by atoms with Crippen molar-refractivity contribution in [3.8, 4) is 11.1 Å². The molecule has 5 heteroatoms. The number of ether oxygens (including phenoxy) is 1. The lowest BCUT2D eigenvalue weighted by molar-refractivity contribution is 0.0636. The maximum atomic E-state index is 11.8. The summed E-state index contributed by atoms with van der Waals surface area (Å²) >= 11 is 5.90. The van der Waals surface area contributed by atoms with E-state index in [1.54, 1.807) is 24.3 Å². The Kier molecular flexibility index (Phi) is 4.62. The van der Waals surface area contributed by atoms with Gasteiger partial charge in [0.1, 0.15) is 5.60 Å². The van der Waals surface area contributed by atoms with Gasteiger partial charge >= 0.3 is 6.09 Å². The fourth-order valence-electron chi connectivity index (χ4n) is 1.93. The normalized spacial score (nSPS) is 11.1. The van der Waals surface area contributed by atoms with E-state index in [1.165, 1.54) is 0 Å². The van der Waals surface area contributed by atoms with Crippen molar-refractivity contribution in [1.82, 2.24) is 0 Å². The van der Waals surface area contributed by atoms with Crippen molar-refractivity contribution in [1.29, 1.82) is 0 Å². The fourth-order valence-corrected chi connectivity index (χ4v) is 2.06. The molecule has 0 atom stereocenters. The van der Waals surface area contributed by atoms with Crippen LogP contribution in [0.15, 0.2) is 42.5 Å². The van der Waals surface area contributed by atoms with Crippen molar-refractivity contribution in [3.63, 3.8) is 0 Å². The van der Waals surface area contributed by atoms with Gasteiger partial charge in [-0.25, -0.2) is 4.79 Å². The number of anilines is 2. The SMILES string of the molecule is CC(C)(C)OC(=O)Nc1ccc(N)c(-c2ccc(Cl)cc2)c1. The molecule has 0 radical (unpaired) electrons. The van der Waals surface area contributed by atoms with E-state index in [4.69, 9.17) is 22.1 Å². The lowest BCUT2D eigenvalue weighted by atomic mass is 10.0. The summed E-state index contributed by atoms with van der Waals surface area (Å²) in [6.45, 7) is 5.44. The first-order valence-corrected chi connectivity index (χ1v) is 7.28. The molecular weight excluding hydrogens is 300 g/mol. The van der Waals surface area contributed by atoms with Gasteiger partial charge in [0.05, 0.1) is 0 Å². The zero-order valence-corrected chi connectivity index (χ0v) is 13.6. The Morgan fingerprint density at radius 1 is 1.14 bits per heavy atom. The van der Waals surface area contributed by atoms with Crippen LogP contribution in [0.4, 0.5) is 16.2 Å². The zero-order chi connectivity index (χ0) is 16.3. The van der Waals surface area contributed by atoms with E-state index in [2.05, 4.69) is 5.32 Å². The minimum absolute atomic E-state index is 0.501. The first-order chi connectivity index (χ1) is 10.2. The number of nitrogens with two attached hydrogens (primary N) is 1. The second-order valence-electron chi connectivity index (χ2n) is 5.94. The summed E-state index contributed by atoms with van der Waals surface area (Å²) in [4.78, 5) is 11.8. The van der Waals surface area contributed by atoms with Gasteiger partial charge in [0.15, 0.2) is 0 Å². The van der Waals surface area contributed by atoms with Gasteiger partial charge in [0.2, 0.25) is 0 Å². The maximum Gasteiger partial charge on any atom is 0.412 e. The van der Waals surface area contributed by atoms with E-state index in [0.29, 0.717) is 16.4 Å². The van der Waals surface area contributed by atoms with Crippen molar-refractivity contribution >= 4 is 29.1 Å². The molecule has 1 amide bonds. The van der Waals surface area contributed by atoms with Gasteiger partial charge in [0.25, 0.3) is 0 Å². The number of hydrogen-bond donors (Lipinski definition) is 2. The van der Waals surface area contributed by atoms with Crippen LogP contribution in [0, 0.1) is 0 Å². The summed E-state index contributed by atoms with van der Waals surface area (Å²) in [5.41, 5.74) is 8.46. The highest BCUT2D eigenvalue weighted by atomic mass is 35.5. The maximum absolute atomic E-state index is 11.8. The Morgan fingerprint density at radius 3 is 2.36 bits per heavy atom. The first-order valence-electron chi connectivity index (χ1n) is 6.90. The van der Waals surface area contributed by atoms with Crippen LogP contribution >= 0.6 is 11.6 Å². The highest BCUT2D eigenvalue weighted by Gasteiger charge is 2.16. The van der Waals surface area contributed by atoms with Gasteiger partial charge < -0.3 is 10.5 Å². The van der Waals surface area contributed by atoms with E-state index in [0.717, 1.165) is 11.1 Å². The highest BCUT2D eigenvalue weighted by Crippen LogP contribution is 2.30. The number of carbonyl (C=O) groups is 1. The van der Waals surface area contributed by atoms with Crippen LogP contribution in [0.1, 0.15) is 20.8 Å². The number of nitrogens with one attached hydrogen (secondary N) is 1. The average molecular weight is 319 g/mol. The number of amides is 1. The molecule has 0 aliphatic heterocycles. The predicted molar refractivity (Wildman–Crippen MR) is 91.2 cm³/mol. The second-order valence-corrected chi connectivity index (χ2v) is 6.37. The molecule has 2 aromatic carbocycles. The minimum Gasteiger partial charge on any atom is -0.444 e. The van der Waals surface area contributed by atoms with Crippen molar-refractivity contribution in [2.75, 3.05) is 11.1 Å². The van der Waals surface area contributed by atoms with Crippen molar-refractivity contribution in [2.45, 2.75) is 26.4 Å². The predicted octanol–water partition coefficient (Wildman–Crippen LogP) is 4.94. The van der Waals surface area contributed by atoms with Crippen LogP contribution in [0.25, 0.3) is 11.1 Å². The molecule has 0 unspecified atom stereocenters. The number of carbonyl (C=O) groups excluding carboxylic acids is 1. The Hall–Kier alpha value is -2.20. The molecule has 116 valence electrons. The summed E-state index contributed by atoms with van der Waals surface area (Å²) < 4.78 is 5.23. The van der Waals surface area contributed by atoms with Crippen LogP contribution < -0.4 is 11.1 Å². The summed E-state index contributed by atoms with van der Waals surface area (Å²) in [5, 5.41) is 3.36. The van der Waals surface area contributed by atoms with Crippen LogP contribution in [0.3, 0.4) is 0 Å². The number of benzene rings is 2. The molecule has 0 fully saturated rings. The standard InChI is InChI=1S/C17H19ClN2O2/c1-17(2,3)22-16(21)20-13-8-9-15(19)14(10-13)11-4-6-12(18)7-5-11/h4-10H,19H2,1-3H3,(H,20,21). The molecule has 0 aliphatic carbocycles. The van der Waals surface area contributed by atoms with Crippen LogP contribution in [-0.4, -0.2) is 11.7 Å². The number of nitrogen functional groups attached to an aromatic ring is 1. The fraction of sp³-hybridized carbons (Fsp3) is 0.235. The third-order valence-electron chi connectivity index (χ3n) is 2.85. The number of hydrogen-bond acceptors (Lipinski definition) is 3. The molecular formula is C17H19ClN2O2. The monoisotopic (exact) mass is 318 g/mol. The van der Waals surface area contributed by atoms with E-state index in [9.17, 15) is 4.79 Å². The molecule has 0 aliphatic rings. The average Bonchev–Trinajstić information content (AvgIpc) is 2.40. The number of rotatable bonds is 2. The number of halogens is 1. The second kappa shape index (κ2) is 6.28. The molecule has 0 saturated heterocycles. The molecule has 4 nitrogen and oxygen atoms in total. The zero-order valence-electron chi connectivity index (χ0n) is 12.8. The summed E-state index contributed by atoms with van der Waals surface area (Å²) in [5.74, 6) is 0. The van der Waals surface area contributed by atoms with Crippen molar-refractivity contribution < 1.29 is 9.53 Å². The molecule has 2 rings (SSSR count). The van der Waals surface area contributed by atoms with Crippen LogP contribution in [0.2, 0.25) is 5.02 Å². The first kappa shape index (κ1) is 16.2. The lowest BCUT2D eigenvalue weighted by Crippen LogP contribution is -2.27. The molecule has 0 bridgehead atoms. The van der Waals surface area contributed by atoms with E-state index < -0.39 is 11.7 Å². The highest BCUT2D eigenvalue weighted by molar-refractivity contribution is 6.30. The van der Waals surface area contributed by atoms with E-state index in [1.807, 2.05) is 39.0 Å². The molecule has 0 spiro atoms. The molecule has 0 saturated carbocycles. The Balaban J connectivity index is 2.23. The molecule has 2 aromatic rings. The van der Waals surface area contributed by atoms with Gasteiger partial charge in [-0.3, -0.25) is 5.32 Å². The molecule has 0 aromatic heterocycles. The quantitative estimate of drug-likeness (QED) is 0.771. The Labute approximate surface area is 135 Å². The summed E-state index contributed by atoms with van der Waals surface area (Å²) in [7, 11) is 0. The van der Waals surface area contributed by atoms with Gasteiger partial charge in [-0.15, -0.1) is 0 Å². The molecule has 22 heavy (non-hydrogen) atoms. The largest absolute Gasteiger partial charge is 0.444 e. The summed E-state index contributed by atoms with van der Waals surface area (Å²) in [6.07, 6.45) is -0.501. The third kappa shape index (κ3) is 4.40. The van der Waals surface area contributed by atoms with Crippen molar-refractivity contribution in [2.24, 2.45) is 0 Å². The smallest absolute Gasteiger partial charge is 0.412 e. The van der Waals surface area contributed by atoms with Crippen LogP contribution in [0.5, 0.6) is 0 Å². The Morgan fingerprint density at radius 2 is 1.77 bits per heavy atom. The molecule has 3 N–H and O–H groups in total. The third-order valence-corrected chi connectivity index (χ3v) is 3.11. The lowest BCUT2D eigenvalue weighted by Gasteiger charge is -2.20. The van der Waals surface area contributed by atoms with Crippen molar-refractivity contribution in [3.05, 3.63) is 47.5 Å². The molecule has 0 heterocycles. The van der Waals surface area contributed by atoms with Gasteiger partial charge in [0, 0.05) is 22.0 Å². The van der Waals surface area contributed by atoms with Gasteiger partial charge in [-0.2, -0.15) is 0 Å². The topological polar surface area (TPSA) is 64.3 Å². The van der Waals surface area contributed by atoms with E-state index in [-0.39, 0.29) is 0 Å². The Bertz CT molecular complexity index is 676. The van der Waals surface area contributed by atoms with Gasteiger partial charge in [-0.1, -0.05) is 23.7 Å².